The van der Waals surface area contributed by atoms with Crippen LogP contribution in [0.25, 0.3) is 0 Å². The van der Waals surface area contributed by atoms with Gasteiger partial charge in [0, 0.05) is 5.69 Å². The smallest absolute Gasteiger partial charge is 0.133 e. The molecule has 2 rings (SSSR count). The predicted molar refractivity (Wildman–Crippen MR) is 65.6 cm³/mol. The first-order chi connectivity index (χ1) is 7.74. The summed E-state index contributed by atoms with van der Waals surface area (Å²) in [4.78, 5) is 8.40. The molecule has 2 aromatic rings. The number of benzene rings is 1. The fourth-order valence-corrected chi connectivity index (χ4v) is 1.88. The fourth-order valence-electron chi connectivity index (χ4n) is 1.63. The third-order valence-electron chi connectivity index (χ3n) is 2.37. The molecule has 82 valence electrons. The van der Waals surface area contributed by atoms with E-state index in [1.54, 1.807) is 0 Å². The molecule has 2 nitrogen and oxygen atoms in total. The molecule has 0 spiro atoms. The Kier molecular flexibility index (Phi) is 3.52. The third kappa shape index (κ3) is 3.04. The Morgan fingerprint density at radius 1 is 1.06 bits per heavy atom. The van der Waals surface area contributed by atoms with Gasteiger partial charge in [0.1, 0.15) is 11.0 Å². The lowest BCUT2D eigenvalue weighted by molar-refractivity contribution is 0.880. The number of nitrogens with zero attached hydrogens (tertiary/aromatic N) is 2. The zero-order chi connectivity index (χ0) is 11.4. The summed E-state index contributed by atoms with van der Waals surface area (Å²) in [6.45, 7) is 1.86. The molecule has 0 fully saturated rings. The normalized spacial score (nSPS) is 10.4. The van der Waals surface area contributed by atoms with Crippen LogP contribution in [0, 0.1) is 6.92 Å². The molecule has 0 aliphatic heterocycles. The highest BCUT2D eigenvalue weighted by Gasteiger charge is 2.00. The van der Waals surface area contributed by atoms with E-state index in [0.29, 0.717) is 5.15 Å². The first kappa shape index (κ1) is 11.1. The summed E-state index contributed by atoms with van der Waals surface area (Å²) in [7, 11) is 0. The van der Waals surface area contributed by atoms with E-state index in [-0.39, 0.29) is 0 Å². The van der Waals surface area contributed by atoms with Gasteiger partial charge in [-0.15, -0.1) is 0 Å². The highest BCUT2D eigenvalue weighted by atomic mass is 35.5. The summed E-state index contributed by atoms with van der Waals surface area (Å²) >= 11 is 5.88. The van der Waals surface area contributed by atoms with Crippen LogP contribution >= 0.6 is 11.6 Å². The van der Waals surface area contributed by atoms with E-state index in [1.807, 2.05) is 31.2 Å². The van der Waals surface area contributed by atoms with Crippen LogP contribution < -0.4 is 0 Å². The Hall–Kier alpha value is -1.41. The van der Waals surface area contributed by atoms with Crippen molar-refractivity contribution in [2.75, 3.05) is 0 Å². The highest BCUT2D eigenvalue weighted by molar-refractivity contribution is 6.29. The molecule has 0 N–H and O–H groups in total. The molecular weight excluding hydrogens is 220 g/mol. The van der Waals surface area contributed by atoms with E-state index in [4.69, 9.17) is 11.6 Å². The molecule has 0 aliphatic rings. The number of hydrogen-bond donors (Lipinski definition) is 0. The topological polar surface area (TPSA) is 25.8 Å². The molecule has 1 heterocycles. The molecule has 0 bridgehead atoms. The second-order valence-corrected chi connectivity index (χ2v) is 4.10. The van der Waals surface area contributed by atoms with Gasteiger partial charge in [-0.05, 0) is 31.4 Å². The summed E-state index contributed by atoms with van der Waals surface area (Å²) in [5.74, 6) is 0.732. The fraction of sp³-hybridized carbons (Fsp3) is 0.231. The average Bonchev–Trinajstić information content (AvgIpc) is 2.27. The molecule has 0 aliphatic carbocycles. The minimum absolute atomic E-state index is 0.524. The highest BCUT2D eigenvalue weighted by Crippen LogP contribution is 2.10. The van der Waals surface area contributed by atoms with Crippen molar-refractivity contribution in [3.8, 4) is 0 Å². The molecule has 0 saturated carbocycles. The summed E-state index contributed by atoms with van der Waals surface area (Å²) in [5.41, 5.74) is 2.32. The molecule has 0 amide bonds. The van der Waals surface area contributed by atoms with Crippen molar-refractivity contribution in [2.45, 2.75) is 19.8 Å². The standard InChI is InChI=1S/C13H13ClN2/c1-10-15-12(9-13(14)16-10)8-7-11-5-3-2-4-6-11/h2-6,9H,7-8H2,1H3. The van der Waals surface area contributed by atoms with E-state index in [1.165, 1.54) is 5.56 Å². The lowest BCUT2D eigenvalue weighted by Crippen LogP contribution is -1.98. The van der Waals surface area contributed by atoms with Crippen molar-refractivity contribution >= 4 is 11.6 Å². The van der Waals surface area contributed by atoms with Crippen molar-refractivity contribution in [3.63, 3.8) is 0 Å². The van der Waals surface area contributed by atoms with E-state index < -0.39 is 0 Å². The molecule has 16 heavy (non-hydrogen) atoms. The Balaban J connectivity index is 2.05. The van der Waals surface area contributed by atoms with Crippen LogP contribution in [0.15, 0.2) is 36.4 Å². The van der Waals surface area contributed by atoms with E-state index in [2.05, 4.69) is 22.1 Å². The van der Waals surface area contributed by atoms with Crippen LogP contribution in [0.1, 0.15) is 17.1 Å². The quantitative estimate of drug-likeness (QED) is 0.760. The number of aryl methyl sites for hydroxylation is 3. The Morgan fingerprint density at radius 3 is 2.50 bits per heavy atom. The van der Waals surface area contributed by atoms with Gasteiger partial charge < -0.3 is 0 Å². The number of hydrogen-bond acceptors (Lipinski definition) is 2. The lowest BCUT2D eigenvalue weighted by Gasteiger charge is -2.02. The van der Waals surface area contributed by atoms with Gasteiger partial charge in [-0.2, -0.15) is 0 Å². The Labute approximate surface area is 100 Å². The van der Waals surface area contributed by atoms with Crippen LogP contribution in [-0.2, 0) is 12.8 Å². The molecule has 0 radical (unpaired) electrons. The van der Waals surface area contributed by atoms with Crippen LogP contribution in [-0.4, -0.2) is 9.97 Å². The van der Waals surface area contributed by atoms with Crippen molar-refractivity contribution in [2.24, 2.45) is 0 Å². The van der Waals surface area contributed by atoms with Crippen molar-refractivity contribution in [3.05, 3.63) is 58.6 Å². The Morgan fingerprint density at radius 2 is 1.81 bits per heavy atom. The molecule has 0 saturated heterocycles. The zero-order valence-electron chi connectivity index (χ0n) is 9.15. The van der Waals surface area contributed by atoms with Crippen molar-refractivity contribution < 1.29 is 0 Å². The summed E-state index contributed by atoms with van der Waals surface area (Å²) < 4.78 is 0. The molecule has 1 aromatic carbocycles. The lowest BCUT2D eigenvalue weighted by atomic mass is 10.1. The van der Waals surface area contributed by atoms with Gasteiger partial charge in [-0.1, -0.05) is 41.9 Å². The molecule has 0 unspecified atom stereocenters. The van der Waals surface area contributed by atoms with Gasteiger partial charge in [0.2, 0.25) is 0 Å². The summed E-state index contributed by atoms with van der Waals surface area (Å²) in [6.07, 6.45) is 1.88. The van der Waals surface area contributed by atoms with Gasteiger partial charge in [0.15, 0.2) is 0 Å². The number of halogens is 1. The van der Waals surface area contributed by atoms with Crippen LogP contribution in [0.5, 0.6) is 0 Å². The first-order valence-electron chi connectivity index (χ1n) is 5.28. The number of aromatic nitrogens is 2. The zero-order valence-corrected chi connectivity index (χ0v) is 9.91. The minimum Gasteiger partial charge on any atom is -0.238 e. The average molecular weight is 233 g/mol. The SMILES string of the molecule is Cc1nc(Cl)cc(CCc2ccccc2)n1. The number of rotatable bonds is 3. The molecule has 1 aromatic heterocycles. The van der Waals surface area contributed by atoms with E-state index in [0.717, 1.165) is 24.4 Å². The molecular formula is C13H13ClN2. The van der Waals surface area contributed by atoms with Gasteiger partial charge in [-0.3, -0.25) is 0 Å². The van der Waals surface area contributed by atoms with Crippen LogP contribution in [0.2, 0.25) is 5.15 Å². The first-order valence-corrected chi connectivity index (χ1v) is 5.66. The Bertz CT molecular complexity index is 448. The maximum absolute atomic E-state index is 5.88. The van der Waals surface area contributed by atoms with E-state index >= 15 is 0 Å². The van der Waals surface area contributed by atoms with Crippen molar-refractivity contribution in [1.29, 1.82) is 0 Å². The second kappa shape index (κ2) is 5.08. The second-order valence-electron chi connectivity index (χ2n) is 3.71. The van der Waals surface area contributed by atoms with E-state index in [9.17, 15) is 0 Å². The summed E-state index contributed by atoms with van der Waals surface area (Å²) in [6, 6.07) is 12.2. The minimum atomic E-state index is 0.524. The van der Waals surface area contributed by atoms with Gasteiger partial charge in [0.25, 0.3) is 0 Å². The molecule has 0 atom stereocenters. The van der Waals surface area contributed by atoms with Crippen LogP contribution in [0.4, 0.5) is 0 Å². The maximum atomic E-state index is 5.88. The van der Waals surface area contributed by atoms with Crippen LogP contribution in [0.3, 0.4) is 0 Å². The van der Waals surface area contributed by atoms with Crippen molar-refractivity contribution in [1.82, 2.24) is 9.97 Å². The van der Waals surface area contributed by atoms with Gasteiger partial charge >= 0.3 is 0 Å². The molecule has 3 heteroatoms. The van der Waals surface area contributed by atoms with Gasteiger partial charge in [-0.25, -0.2) is 9.97 Å². The third-order valence-corrected chi connectivity index (χ3v) is 2.57. The largest absolute Gasteiger partial charge is 0.238 e. The summed E-state index contributed by atoms with van der Waals surface area (Å²) in [5, 5.41) is 0.524. The predicted octanol–water partition coefficient (Wildman–Crippen LogP) is 3.22. The monoisotopic (exact) mass is 232 g/mol. The van der Waals surface area contributed by atoms with Gasteiger partial charge in [0.05, 0.1) is 0 Å². The maximum Gasteiger partial charge on any atom is 0.133 e.